The molecule has 126 valence electrons. The van der Waals surface area contributed by atoms with E-state index < -0.39 is 0 Å². The first-order valence-corrected chi connectivity index (χ1v) is 8.73. The van der Waals surface area contributed by atoms with E-state index in [2.05, 4.69) is 20.9 Å². The number of benzene rings is 1. The Balaban J connectivity index is 2.23. The molecule has 0 spiro atoms. The minimum atomic E-state index is -0.321. The molecule has 0 saturated heterocycles. The van der Waals surface area contributed by atoms with Gasteiger partial charge in [-0.05, 0) is 27.9 Å². The number of rotatable bonds is 5. The number of nitrogens with zero attached hydrogens (tertiary/aromatic N) is 4. The van der Waals surface area contributed by atoms with Crippen molar-refractivity contribution in [1.29, 1.82) is 0 Å². The lowest BCUT2D eigenvalue weighted by molar-refractivity contribution is 0.565. The third kappa shape index (κ3) is 2.84. The molecule has 0 unspecified atom stereocenters. The maximum absolute atomic E-state index is 12.9. The fraction of sp³-hybridized carbons (Fsp3) is 0.353. The van der Waals surface area contributed by atoms with Crippen molar-refractivity contribution in [2.45, 2.75) is 32.9 Å². The molecule has 0 aliphatic heterocycles. The Bertz CT molecular complexity index is 986. The Labute approximate surface area is 147 Å². The number of halogens is 1. The molecular weight excluding hydrogens is 372 g/mol. The molecule has 0 amide bonds. The predicted octanol–water partition coefficient (Wildman–Crippen LogP) is 2.51. The first-order valence-electron chi connectivity index (χ1n) is 7.94. The van der Waals surface area contributed by atoms with Crippen LogP contribution in [0, 0.1) is 0 Å². The van der Waals surface area contributed by atoms with Crippen molar-refractivity contribution in [3.05, 3.63) is 61.5 Å². The second kappa shape index (κ2) is 6.76. The van der Waals surface area contributed by atoms with E-state index >= 15 is 0 Å². The van der Waals surface area contributed by atoms with Crippen LogP contribution in [0.1, 0.15) is 25.3 Å². The zero-order valence-electron chi connectivity index (χ0n) is 13.7. The van der Waals surface area contributed by atoms with Crippen molar-refractivity contribution in [2.24, 2.45) is 7.05 Å². The second-order valence-corrected chi connectivity index (χ2v) is 6.49. The summed E-state index contributed by atoms with van der Waals surface area (Å²) in [4.78, 5) is 29.7. The number of hydrogen-bond acceptors (Lipinski definition) is 3. The van der Waals surface area contributed by atoms with Crippen molar-refractivity contribution in [3.8, 4) is 0 Å². The van der Waals surface area contributed by atoms with Crippen LogP contribution in [-0.2, 0) is 20.1 Å². The molecular formula is C17H19BrN4O2. The Morgan fingerprint density at radius 3 is 2.50 bits per heavy atom. The Hall–Kier alpha value is -2.15. The zero-order chi connectivity index (χ0) is 17.3. The van der Waals surface area contributed by atoms with Crippen molar-refractivity contribution >= 4 is 27.1 Å². The van der Waals surface area contributed by atoms with E-state index in [1.807, 2.05) is 41.8 Å². The number of unbranched alkanes of at least 4 members (excludes halogenated alkanes) is 1. The molecule has 0 atom stereocenters. The highest BCUT2D eigenvalue weighted by molar-refractivity contribution is 9.10. The van der Waals surface area contributed by atoms with Gasteiger partial charge in [0.25, 0.3) is 5.56 Å². The van der Waals surface area contributed by atoms with Crippen LogP contribution >= 0.6 is 15.9 Å². The van der Waals surface area contributed by atoms with Gasteiger partial charge in [-0.3, -0.25) is 13.9 Å². The van der Waals surface area contributed by atoms with Crippen molar-refractivity contribution in [3.63, 3.8) is 0 Å². The van der Waals surface area contributed by atoms with E-state index in [1.54, 1.807) is 7.05 Å². The van der Waals surface area contributed by atoms with Crippen LogP contribution in [0.3, 0.4) is 0 Å². The summed E-state index contributed by atoms with van der Waals surface area (Å²) in [6.45, 7) is 2.97. The fourth-order valence-electron chi connectivity index (χ4n) is 2.77. The molecule has 24 heavy (non-hydrogen) atoms. The standard InChI is InChI=1S/C17H19BrN4O2/c1-3-4-10-21-15(23)13-14(20(2)17(21)24)19-16(18)22(13)11-12-8-6-5-7-9-12/h5-9H,3-4,10-11H2,1-2H3. The molecule has 1 aromatic carbocycles. The number of aryl methyl sites for hydroxylation is 1. The van der Waals surface area contributed by atoms with Gasteiger partial charge in [-0.1, -0.05) is 43.7 Å². The molecule has 0 bridgehead atoms. The highest BCUT2D eigenvalue weighted by Gasteiger charge is 2.19. The van der Waals surface area contributed by atoms with Gasteiger partial charge in [0.15, 0.2) is 15.9 Å². The number of fused-ring (bicyclic) bond motifs is 1. The van der Waals surface area contributed by atoms with Crippen LogP contribution in [0.15, 0.2) is 44.7 Å². The summed E-state index contributed by atoms with van der Waals surface area (Å²) >= 11 is 3.43. The lowest BCUT2D eigenvalue weighted by Crippen LogP contribution is -2.39. The predicted molar refractivity (Wildman–Crippen MR) is 97.4 cm³/mol. The van der Waals surface area contributed by atoms with Crippen LogP contribution in [0.5, 0.6) is 0 Å². The summed E-state index contributed by atoms with van der Waals surface area (Å²) < 4.78 is 5.11. The first-order chi connectivity index (χ1) is 11.5. The quantitative estimate of drug-likeness (QED) is 0.628. The van der Waals surface area contributed by atoms with Gasteiger partial charge in [0, 0.05) is 13.6 Å². The third-order valence-electron chi connectivity index (χ3n) is 4.10. The van der Waals surface area contributed by atoms with Crippen molar-refractivity contribution in [2.75, 3.05) is 0 Å². The monoisotopic (exact) mass is 390 g/mol. The van der Waals surface area contributed by atoms with Gasteiger partial charge in [-0.2, -0.15) is 0 Å². The maximum Gasteiger partial charge on any atom is 0.332 e. The number of hydrogen-bond donors (Lipinski definition) is 0. The van der Waals surface area contributed by atoms with Crippen LogP contribution in [-0.4, -0.2) is 18.7 Å². The van der Waals surface area contributed by atoms with Crippen molar-refractivity contribution < 1.29 is 0 Å². The molecule has 2 aromatic heterocycles. The summed E-state index contributed by atoms with van der Waals surface area (Å²) in [6.07, 6.45) is 1.70. The SMILES string of the molecule is CCCCn1c(=O)c2c(nc(Br)n2Cc2ccccc2)n(C)c1=O. The summed E-state index contributed by atoms with van der Waals surface area (Å²) in [5, 5.41) is 0. The van der Waals surface area contributed by atoms with E-state index in [4.69, 9.17) is 0 Å². The minimum absolute atomic E-state index is 0.282. The van der Waals surface area contributed by atoms with Crippen LogP contribution < -0.4 is 11.2 Å². The Morgan fingerprint density at radius 1 is 1.12 bits per heavy atom. The van der Waals surface area contributed by atoms with Gasteiger partial charge in [0.05, 0.1) is 6.54 Å². The molecule has 3 aromatic rings. The minimum Gasteiger partial charge on any atom is -0.308 e. The van der Waals surface area contributed by atoms with E-state index in [0.717, 1.165) is 18.4 Å². The largest absolute Gasteiger partial charge is 0.332 e. The van der Waals surface area contributed by atoms with E-state index in [1.165, 1.54) is 9.13 Å². The highest BCUT2D eigenvalue weighted by atomic mass is 79.9. The first kappa shape index (κ1) is 16.7. The second-order valence-electron chi connectivity index (χ2n) is 5.78. The molecule has 2 heterocycles. The normalized spacial score (nSPS) is 11.3. The van der Waals surface area contributed by atoms with Gasteiger partial charge in [0.1, 0.15) is 0 Å². The fourth-order valence-corrected chi connectivity index (χ4v) is 3.24. The molecule has 0 saturated carbocycles. The van der Waals surface area contributed by atoms with Gasteiger partial charge in [-0.25, -0.2) is 9.78 Å². The Kier molecular flexibility index (Phi) is 4.71. The molecule has 0 aliphatic carbocycles. The summed E-state index contributed by atoms with van der Waals surface area (Å²) in [5.74, 6) is 0. The van der Waals surface area contributed by atoms with Crippen LogP contribution in [0.2, 0.25) is 0 Å². The topological polar surface area (TPSA) is 61.8 Å². The lowest BCUT2D eigenvalue weighted by Gasteiger charge is -2.10. The van der Waals surface area contributed by atoms with E-state index in [0.29, 0.717) is 29.0 Å². The zero-order valence-corrected chi connectivity index (χ0v) is 15.3. The maximum atomic E-state index is 12.9. The summed E-state index contributed by atoms with van der Waals surface area (Å²) in [7, 11) is 1.65. The molecule has 6 nitrogen and oxygen atoms in total. The van der Waals surface area contributed by atoms with E-state index in [9.17, 15) is 9.59 Å². The summed E-state index contributed by atoms with van der Waals surface area (Å²) in [6, 6.07) is 9.85. The number of imidazole rings is 1. The van der Waals surface area contributed by atoms with Gasteiger partial charge in [-0.15, -0.1) is 0 Å². The van der Waals surface area contributed by atoms with Crippen LogP contribution in [0.25, 0.3) is 11.2 Å². The van der Waals surface area contributed by atoms with Crippen molar-refractivity contribution in [1.82, 2.24) is 18.7 Å². The Morgan fingerprint density at radius 2 is 1.83 bits per heavy atom. The molecule has 0 radical (unpaired) electrons. The molecule has 0 fully saturated rings. The molecule has 0 N–H and O–H groups in total. The van der Waals surface area contributed by atoms with Crippen LogP contribution in [0.4, 0.5) is 0 Å². The average molecular weight is 391 g/mol. The summed E-state index contributed by atoms with van der Waals surface area (Å²) in [5.41, 5.74) is 1.31. The molecule has 0 aliphatic rings. The molecule has 7 heteroatoms. The highest BCUT2D eigenvalue weighted by Crippen LogP contribution is 2.18. The van der Waals surface area contributed by atoms with Gasteiger partial charge in [0.2, 0.25) is 0 Å². The third-order valence-corrected chi connectivity index (χ3v) is 4.71. The smallest absolute Gasteiger partial charge is 0.308 e. The average Bonchev–Trinajstić information content (AvgIpc) is 2.91. The van der Waals surface area contributed by atoms with E-state index in [-0.39, 0.29) is 11.2 Å². The lowest BCUT2D eigenvalue weighted by atomic mass is 10.2. The van der Waals surface area contributed by atoms with Gasteiger partial charge >= 0.3 is 5.69 Å². The number of aromatic nitrogens is 4. The molecule has 3 rings (SSSR count). The van der Waals surface area contributed by atoms with Gasteiger partial charge < -0.3 is 4.57 Å².